The summed E-state index contributed by atoms with van der Waals surface area (Å²) in [6.07, 6.45) is 5.38. The largest absolute Gasteiger partial charge is 0.438 e. The van der Waals surface area contributed by atoms with Crippen LogP contribution in [0.2, 0.25) is 0 Å². The van der Waals surface area contributed by atoms with Crippen LogP contribution >= 0.6 is 0 Å². The van der Waals surface area contributed by atoms with Crippen LogP contribution in [0, 0.1) is 0 Å². The predicted octanol–water partition coefficient (Wildman–Crippen LogP) is 0.907. The Morgan fingerprint density at radius 3 is 3.11 bits per heavy atom. The number of oxazole rings is 1. The van der Waals surface area contributed by atoms with E-state index in [0.717, 1.165) is 18.7 Å². The number of carbonyl (C=O) groups is 1. The third kappa shape index (κ3) is 2.39. The van der Waals surface area contributed by atoms with Crippen molar-refractivity contribution in [2.75, 3.05) is 6.54 Å². The standard InChI is InChI=1S/C11H12N4O3/c16-11(8-5-12-6-17-8)13-4-3-9-14-10(15-18-9)7-1-2-7/h5-7H,1-4H2,(H,13,16). The molecule has 0 aromatic carbocycles. The van der Waals surface area contributed by atoms with Crippen molar-refractivity contribution in [1.29, 1.82) is 0 Å². The first-order valence-corrected chi connectivity index (χ1v) is 5.82. The molecule has 3 rings (SSSR count). The summed E-state index contributed by atoms with van der Waals surface area (Å²) in [5, 5.41) is 6.59. The van der Waals surface area contributed by atoms with Crippen molar-refractivity contribution in [3.63, 3.8) is 0 Å². The van der Waals surface area contributed by atoms with Gasteiger partial charge in [0.05, 0.1) is 6.20 Å². The van der Waals surface area contributed by atoms with Gasteiger partial charge in [0.15, 0.2) is 12.2 Å². The Kier molecular flexibility index (Phi) is 2.79. The molecule has 94 valence electrons. The van der Waals surface area contributed by atoms with Crippen LogP contribution in [-0.2, 0) is 6.42 Å². The first-order valence-electron chi connectivity index (χ1n) is 5.82. The summed E-state index contributed by atoms with van der Waals surface area (Å²) in [6, 6.07) is 0. The molecule has 2 aromatic heterocycles. The molecular weight excluding hydrogens is 236 g/mol. The van der Waals surface area contributed by atoms with Crippen molar-refractivity contribution in [1.82, 2.24) is 20.4 Å². The van der Waals surface area contributed by atoms with Gasteiger partial charge in [-0.1, -0.05) is 5.16 Å². The lowest BCUT2D eigenvalue weighted by Crippen LogP contribution is -2.25. The molecule has 0 aliphatic heterocycles. The van der Waals surface area contributed by atoms with E-state index in [4.69, 9.17) is 8.94 Å². The highest BCUT2D eigenvalue weighted by atomic mass is 16.5. The number of carbonyl (C=O) groups excluding carboxylic acids is 1. The molecule has 1 N–H and O–H groups in total. The van der Waals surface area contributed by atoms with Crippen molar-refractivity contribution in [2.45, 2.75) is 25.2 Å². The van der Waals surface area contributed by atoms with E-state index in [0.29, 0.717) is 24.8 Å². The van der Waals surface area contributed by atoms with Crippen molar-refractivity contribution in [3.8, 4) is 0 Å². The number of nitrogens with one attached hydrogen (secondary N) is 1. The Bertz CT molecular complexity index is 530. The Labute approximate surface area is 103 Å². The van der Waals surface area contributed by atoms with Gasteiger partial charge in [-0.05, 0) is 12.8 Å². The average molecular weight is 248 g/mol. The Hall–Kier alpha value is -2.18. The van der Waals surface area contributed by atoms with Crippen LogP contribution in [0.25, 0.3) is 0 Å². The molecule has 1 aliphatic rings. The summed E-state index contributed by atoms with van der Waals surface area (Å²) in [4.78, 5) is 19.4. The Morgan fingerprint density at radius 2 is 2.39 bits per heavy atom. The molecule has 2 heterocycles. The van der Waals surface area contributed by atoms with E-state index in [1.54, 1.807) is 0 Å². The highest BCUT2D eigenvalue weighted by Crippen LogP contribution is 2.38. The molecule has 0 spiro atoms. The quantitative estimate of drug-likeness (QED) is 0.845. The van der Waals surface area contributed by atoms with Gasteiger partial charge < -0.3 is 14.3 Å². The fraction of sp³-hybridized carbons (Fsp3) is 0.455. The lowest BCUT2D eigenvalue weighted by Gasteiger charge is -1.98. The molecule has 0 bridgehead atoms. The van der Waals surface area contributed by atoms with Gasteiger partial charge in [-0.2, -0.15) is 4.98 Å². The fourth-order valence-electron chi connectivity index (χ4n) is 1.57. The number of amides is 1. The zero-order valence-electron chi connectivity index (χ0n) is 9.63. The summed E-state index contributed by atoms with van der Waals surface area (Å²) in [5.41, 5.74) is 0. The maximum absolute atomic E-state index is 11.5. The van der Waals surface area contributed by atoms with Crippen LogP contribution in [-0.4, -0.2) is 27.6 Å². The number of hydrogen-bond donors (Lipinski definition) is 1. The highest BCUT2D eigenvalue weighted by molar-refractivity contribution is 5.90. The van der Waals surface area contributed by atoms with Crippen LogP contribution in [0.1, 0.15) is 41.0 Å². The zero-order valence-corrected chi connectivity index (χ0v) is 9.63. The van der Waals surface area contributed by atoms with E-state index in [9.17, 15) is 4.79 Å². The van der Waals surface area contributed by atoms with E-state index in [2.05, 4.69) is 20.4 Å². The van der Waals surface area contributed by atoms with E-state index < -0.39 is 0 Å². The van der Waals surface area contributed by atoms with E-state index >= 15 is 0 Å². The highest BCUT2D eigenvalue weighted by Gasteiger charge is 2.28. The lowest BCUT2D eigenvalue weighted by molar-refractivity contribution is 0.0925. The summed E-state index contributed by atoms with van der Waals surface area (Å²) < 4.78 is 9.96. The molecule has 0 saturated heterocycles. The van der Waals surface area contributed by atoms with Crippen molar-refractivity contribution in [3.05, 3.63) is 30.1 Å². The average Bonchev–Trinajstić information content (AvgIpc) is 2.92. The maximum atomic E-state index is 11.5. The maximum Gasteiger partial charge on any atom is 0.288 e. The molecule has 0 atom stereocenters. The van der Waals surface area contributed by atoms with Crippen LogP contribution in [0.5, 0.6) is 0 Å². The molecule has 2 aromatic rings. The summed E-state index contributed by atoms with van der Waals surface area (Å²) in [7, 11) is 0. The van der Waals surface area contributed by atoms with Crippen LogP contribution < -0.4 is 5.32 Å². The number of nitrogens with zero attached hydrogens (tertiary/aromatic N) is 3. The predicted molar refractivity (Wildman–Crippen MR) is 58.8 cm³/mol. The van der Waals surface area contributed by atoms with Gasteiger partial charge in [-0.15, -0.1) is 0 Å². The monoisotopic (exact) mass is 248 g/mol. The second kappa shape index (κ2) is 4.59. The minimum absolute atomic E-state index is 0.194. The molecule has 7 heteroatoms. The van der Waals surface area contributed by atoms with Crippen LogP contribution in [0.15, 0.2) is 21.5 Å². The topological polar surface area (TPSA) is 94.1 Å². The molecule has 1 fully saturated rings. The van der Waals surface area contributed by atoms with Gasteiger partial charge in [0.25, 0.3) is 5.91 Å². The molecule has 0 unspecified atom stereocenters. The molecule has 18 heavy (non-hydrogen) atoms. The molecule has 1 amide bonds. The van der Waals surface area contributed by atoms with Crippen molar-refractivity contribution >= 4 is 5.91 Å². The van der Waals surface area contributed by atoms with Crippen molar-refractivity contribution < 1.29 is 13.7 Å². The number of hydrogen-bond acceptors (Lipinski definition) is 6. The Balaban J connectivity index is 1.47. The van der Waals surface area contributed by atoms with Gasteiger partial charge in [0, 0.05) is 18.9 Å². The SMILES string of the molecule is O=C(NCCc1nc(C2CC2)no1)c1cnco1. The second-order valence-corrected chi connectivity index (χ2v) is 4.19. The molecule has 7 nitrogen and oxygen atoms in total. The fourth-order valence-corrected chi connectivity index (χ4v) is 1.57. The summed E-state index contributed by atoms with van der Waals surface area (Å²) in [6.45, 7) is 0.422. The normalized spacial score (nSPS) is 14.7. The molecule has 0 radical (unpaired) electrons. The van der Waals surface area contributed by atoms with Crippen LogP contribution in [0.3, 0.4) is 0 Å². The van der Waals surface area contributed by atoms with E-state index in [-0.39, 0.29) is 11.7 Å². The lowest BCUT2D eigenvalue weighted by atomic mass is 10.4. The number of rotatable bonds is 5. The number of aromatic nitrogens is 3. The third-order valence-electron chi connectivity index (χ3n) is 2.71. The van der Waals surface area contributed by atoms with Gasteiger partial charge in [0.2, 0.25) is 11.7 Å². The first-order chi connectivity index (χ1) is 8.83. The molecular formula is C11H12N4O3. The van der Waals surface area contributed by atoms with Gasteiger partial charge >= 0.3 is 0 Å². The molecule has 1 saturated carbocycles. The minimum Gasteiger partial charge on any atom is -0.438 e. The van der Waals surface area contributed by atoms with Crippen LogP contribution in [0.4, 0.5) is 0 Å². The second-order valence-electron chi connectivity index (χ2n) is 4.19. The minimum atomic E-state index is -0.297. The summed E-state index contributed by atoms with van der Waals surface area (Å²) >= 11 is 0. The Morgan fingerprint density at radius 1 is 1.50 bits per heavy atom. The van der Waals surface area contributed by atoms with Gasteiger partial charge in [-0.3, -0.25) is 4.79 Å². The first kappa shape index (κ1) is 10.9. The third-order valence-corrected chi connectivity index (χ3v) is 2.71. The molecule has 1 aliphatic carbocycles. The van der Waals surface area contributed by atoms with Gasteiger partial charge in [0.1, 0.15) is 0 Å². The smallest absolute Gasteiger partial charge is 0.288 e. The van der Waals surface area contributed by atoms with Crippen molar-refractivity contribution in [2.24, 2.45) is 0 Å². The van der Waals surface area contributed by atoms with E-state index in [1.807, 2.05) is 0 Å². The van der Waals surface area contributed by atoms with E-state index in [1.165, 1.54) is 12.6 Å². The van der Waals surface area contributed by atoms with Gasteiger partial charge in [-0.25, -0.2) is 4.98 Å². The zero-order chi connectivity index (χ0) is 12.4. The summed E-state index contributed by atoms with van der Waals surface area (Å²) in [5.74, 6) is 1.71.